The summed E-state index contributed by atoms with van der Waals surface area (Å²) in [5.41, 5.74) is 5.56. The van der Waals surface area contributed by atoms with Crippen molar-refractivity contribution in [2.24, 2.45) is 10.1 Å². The lowest BCUT2D eigenvalue weighted by Crippen LogP contribution is -2.35. The molecule has 2 aliphatic rings. The number of aryl methyl sites for hydroxylation is 2. The number of rotatable bonds is 4. The second-order valence-electron chi connectivity index (χ2n) is 8.09. The molecule has 1 aromatic heterocycles. The Morgan fingerprint density at radius 2 is 1.85 bits per heavy atom. The highest BCUT2D eigenvalue weighted by atomic mass is 32.2. The number of hydrogen-bond donors (Lipinski definition) is 1. The van der Waals surface area contributed by atoms with Crippen LogP contribution < -0.4 is 0 Å². The van der Waals surface area contributed by atoms with Crippen LogP contribution >= 0.6 is 11.8 Å². The van der Waals surface area contributed by atoms with E-state index in [9.17, 15) is 9.18 Å². The van der Waals surface area contributed by atoms with Gasteiger partial charge in [0, 0.05) is 22.6 Å². The van der Waals surface area contributed by atoms with Crippen molar-refractivity contribution < 1.29 is 9.18 Å². The molecule has 0 atom stereocenters. The molecule has 2 aliphatic heterocycles. The van der Waals surface area contributed by atoms with Crippen LogP contribution in [0.25, 0.3) is 11.8 Å². The van der Waals surface area contributed by atoms with Crippen LogP contribution in [0.1, 0.15) is 35.0 Å². The molecule has 2 aromatic carbocycles. The fourth-order valence-corrected chi connectivity index (χ4v) is 5.02. The van der Waals surface area contributed by atoms with E-state index in [1.807, 2.05) is 19.9 Å². The number of hydrazone groups is 1. The Kier molecular flexibility index (Phi) is 5.53. The first-order valence-electron chi connectivity index (χ1n) is 10.9. The minimum atomic E-state index is -0.508. The molecule has 3 heterocycles. The van der Waals surface area contributed by atoms with E-state index in [2.05, 4.69) is 45.9 Å². The maximum atomic E-state index is 14.2. The van der Waals surface area contributed by atoms with Crippen LogP contribution in [0.2, 0.25) is 0 Å². The number of aromatic nitrogens is 1. The van der Waals surface area contributed by atoms with Gasteiger partial charge in [0.05, 0.1) is 5.57 Å². The van der Waals surface area contributed by atoms with Gasteiger partial charge in [0.15, 0.2) is 5.84 Å². The normalized spacial score (nSPS) is 16.7. The Labute approximate surface area is 201 Å². The Morgan fingerprint density at radius 1 is 1.12 bits per heavy atom. The predicted octanol–water partition coefficient (Wildman–Crippen LogP) is 5.46. The Morgan fingerprint density at radius 3 is 2.56 bits per heavy atom. The van der Waals surface area contributed by atoms with Gasteiger partial charge in [0.25, 0.3) is 5.91 Å². The molecule has 0 aliphatic carbocycles. The zero-order valence-corrected chi connectivity index (χ0v) is 19.8. The molecule has 6 nitrogen and oxygen atoms in total. The summed E-state index contributed by atoms with van der Waals surface area (Å²) in [7, 11) is 0. The molecule has 3 aromatic rings. The predicted molar refractivity (Wildman–Crippen MR) is 135 cm³/mol. The van der Waals surface area contributed by atoms with Gasteiger partial charge in [0.2, 0.25) is 5.17 Å². The van der Waals surface area contributed by atoms with Gasteiger partial charge in [-0.2, -0.15) is 15.1 Å². The second kappa shape index (κ2) is 8.53. The number of benzene rings is 2. The number of amides is 1. The summed E-state index contributed by atoms with van der Waals surface area (Å²) in [6, 6.07) is 16.7. The van der Waals surface area contributed by atoms with Crippen molar-refractivity contribution in [1.82, 2.24) is 9.58 Å². The molecule has 5 rings (SSSR count). The van der Waals surface area contributed by atoms with Crippen LogP contribution in [0.3, 0.4) is 0 Å². The Balaban J connectivity index is 1.50. The van der Waals surface area contributed by atoms with Gasteiger partial charge >= 0.3 is 0 Å². The molecule has 1 amide bonds. The minimum absolute atomic E-state index is 0.0778. The number of fused-ring (bicyclic) bond motifs is 1. The van der Waals surface area contributed by atoms with Crippen molar-refractivity contribution >= 4 is 39.8 Å². The molecule has 0 bridgehead atoms. The molecule has 0 unspecified atom stereocenters. The van der Waals surface area contributed by atoms with Crippen LogP contribution in [0.4, 0.5) is 4.39 Å². The molecule has 1 N–H and O–H groups in total. The average Bonchev–Trinajstić information content (AvgIpc) is 3.37. The van der Waals surface area contributed by atoms with E-state index in [0.717, 1.165) is 40.8 Å². The number of nitrogens with zero attached hydrogens (tertiary/aromatic N) is 4. The van der Waals surface area contributed by atoms with Crippen molar-refractivity contribution in [2.45, 2.75) is 27.2 Å². The number of thioether (sulfide) groups is 1. The van der Waals surface area contributed by atoms with E-state index in [1.165, 1.54) is 16.6 Å². The number of hydrogen-bond acceptors (Lipinski definition) is 4. The fraction of sp³-hybridized carbons (Fsp3) is 0.154. The van der Waals surface area contributed by atoms with Crippen molar-refractivity contribution in [3.8, 4) is 5.69 Å². The summed E-state index contributed by atoms with van der Waals surface area (Å²) < 4.78 is 16.4. The van der Waals surface area contributed by atoms with Crippen molar-refractivity contribution in [3.63, 3.8) is 0 Å². The molecule has 170 valence electrons. The molecule has 8 heteroatoms. The molecule has 0 saturated carbocycles. The zero-order chi connectivity index (χ0) is 24.0. The van der Waals surface area contributed by atoms with Gasteiger partial charge < -0.3 is 4.57 Å². The third-order valence-corrected chi connectivity index (χ3v) is 6.87. The number of carbonyl (C=O) groups excluding carboxylic acids is 1. The highest BCUT2D eigenvalue weighted by molar-refractivity contribution is 8.27. The average molecular weight is 472 g/mol. The van der Waals surface area contributed by atoms with Gasteiger partial charge in [0.1, 0.15) is 10.9 Å². The first kappa shape index (κ1) is 22.0. The number of amidine groups is 2. The van der Waals surface area contributed by atoms with E-state index >= 15 is 0 Å². The Hall–Kier alpha value is -3.78. The summed E-state index contributed by atoms with van der Waals surface area (Å²) in [5.74, 6) is -1.00. The van der Waals surface area contributed by atoms with E-state index in [4.69, 9.17) is 5.41 Å². The van der Waals surface area contributed by atoms with Crippen LogP contribution in [-0.2, 0) is 11.2 Å². The summed E-state index contributed by atoms with van der Waals surface area (Å²) >= 11 is 1.08. The molecule has 0 fully saturated rings. The van der Waals surface area contributed by atoms with E-state index in [1.54, 1.807) is 24.3 Å². The number of nitrogens with one attached hydrogen (secondary N) is 1. The van der Waals surface area contributed by atoms with Crippen molar-refractivity contribution in [2.75, 3.05) is 0 Å². The third kappa shape index (κ3) is 3.70. The lowest BCUT2D eigenvalue weighted by Gasteiger charge is -2.20. The SMILES string of the molecule is CCc1ccc(-n2c(C)cc(C=C3C(=N)N4N=C(c5ccccc5F)SC4=NC3=O)c2C)cc1. The third-order valence-electron chi connectivity index (χ3n) is 5.93. The molecule has 34 heavy (non-hydrogen) atoms. The van der Waals surface area contributed by atoms with E-state index in [0.29, 0.717) is 10.6 Å². The van der Waals surface area contributed by atoms with Crippen LogP contribution in [0, 0.1) is 25.1 Å². The van der Waals surface area contributed by atoms with Gasteiger partial charge in [-0.3, -0.25) is 10.2 Å². The maximum absolute atomic E-state index is 14.2. The maximum Gasteiger partial charge on any atom is 0.283 e. The van der Waals surface area contributed by atoms with Gasteiger partial charge in [-0.05, 0) is 79.6 Å². The minimum Gasteiger partial charge on any atom is -0.318 e. The van der Waals surface area contributed by atoms with Crippen LogP contribution in [0.15, 0.2) is 70.3 Å². The molecule has 0 spiro atoms. The highest BCUT2D eigenvalue weighted by Crippen LogP contribution is 2.32. The summed E-state index contributed by atoms with van der Waals surface area (Å²) in [6.07, 6.45) is 2.66. The van der Waals surface area contributed by atoms with Gasteiger partial charge in [-0.25, -0.2) is 4.39 Å². The zero-order valence-electron chi connectivity index (χ0n) is 19.0. The molecular formula is C26H22FN5OS. The van der Waals surface area contributed by atoms with E-state index in [-0.39, 0.29) is 16.6 Å². The standard InChI is InChI=1S/C26H22FN5OS/c1-4-17-9-11-19(12-10-17)31-15(2)13-18(16(31)3)14-21-23(28)32-26(29-24(21)33)34-25(30-32)20-7-5-6-8-22(20)27/h5-14,28H,4H2,1-3H3. The second-order valence-corrected chi connectivity index (χ2v) is 9.04. The first-order valence-corrected chi connectivity index (χ1v) is 11.7. The summed E-state index contributed by atoms with van der Waals surface area (Å²) in [6.45, 7) is 6.12. The van der Waals surface area contributed by atoms with Crippen LogP contribution in [0.5, 0.6) is 0 Å². The smallest absolute Gasteiger partial charge is 0.283 e. The summed E-state index contributed by atoms with van der Waals surface area (Å²) in [4.78, 5) is 17.0. The lowest BCUT2D eigenvalue weighted by molar-refractivity contribution is -0.114. The summed E-state index contributed by atoms with van der Waals surface area (Å²) in [5, 5.41) is 14.9. The van der Waals surface area contributed by atoms with Gasteiger partial charge in [-0.15, -0.1) is 0 Å². The quantitative estimate of drug-likeness (QED) is 0.513. The topological polar surface area (TPSA) is 73.8 Å². The molecule has 0 radical (unpaired) electrons. The van der Waals surface area contributed by atoms with Crippen molar-refractivity contribution in [1.29, 1.82) is 5.41 Å². The number of halogens is 1. The van der Waals surface area contributed by atoms with Crippen molar-refractivity contribution in [3.05, 3.63) is 94.1 Å². The Bertz CT molecular complexity index is 1430. The highest BCUT2D eigenvalue weighted by Gasteiger charge is 2.36. The van der Waals surface area contributed by atoms with Gasteiger partial charge in [-0.1, -0.05) is 31.2 Å². The largest absolute Gasteiger partial charge is 0.318 e. The first-order chi connectivity index (χ1) is 16.4. The number of aliphatic imine (C=N–C) groups is 1. The number of carbonyl (C=O) groups is 1. The molecule has 0 saturated heterocycles. The van der Waals surface area contributed by atoms with Crippen LogP contribution in [-0.4, -0.2) is 31.5 Å². The van der Waals surface area contributed by atoms with E-state index < -0.39 is 11.7 Å². The fourth-order valence-electron chi connectivity index (χ4n) is 4.10. The molecular weight excluding hydrogens is 449 g/mol. The lowest BCUT2D eigenvalue weighted by atomic mass is 10.1. The monoisotopic (exact) mass is 471 g/mol.